The SMILES string of the molecule is CC1(C)CC(NC(=O)C2(CN)CCOCC2)c2ccc(F)cc2O1.Cl. The molecular weight excluding hydrogens is 347 g/mol. The highest BCUT2D eigenvalue weighted by Crippen LogP contribution is 2.41. The Morgan fingerprint density at radius 2 is 2.04 bits per heavy atom. The van der Waals surface area contributed by atoms with Crippen LogP contribution in [0.5, 0.6) is 5.75 Å². The van der Waals surface area contributed by atoms with Crippen LogP contribution in [0.3, 0.4) is 0 Å². The van der Waals surface area contributed by atoms with Crippen LogP contribution in [0.15, 0.2) is 18.2 Å². The molecule has 0 aromatic heterocycles. The molecule has 0 saturated carbocycles. The number of ether oxygens (including phenoxy) is 2. The number of carbonyl (C=O) groups excluding carboxylic acids is 1. The number of nitrogens with one attached hydrogen (secondary N) is 1. The van der Waals surface area contributed by atoms with Gasteiger partial charge in [0.15, 0.2) is 0 Å². The summed E-state index contributed by atoms with van der Waals surface area (Å²) in [5.74, 6) is 0.0935. The van der Waals surface area contributed by atoms with E-state index in [1.54, 1.807) is 6.07 Å². The first-order valence-electron chi connectivity index (χ1n) is 8.42. The summed E-state index contributed by atoms with van der Waals surface area (Å²) in [6.45, 7) is 5.27. The normalized spacial score (nSPS) is 23.6. The Morgan fingerprint density at radius 3 is 2.68 bits per heavy atom. The van der Waals surface area contributed by atoms with Gasteiger partial charge in [-0.2, -0.15) is 0 Å². The molecule has 0 radical (unpaired) electrons. The molecule has 0 bridgehead atoms. The lowest BCUT2D eigenvalue weighted by atomic mass is 9.78. The topological polar surface area (TPSA) is 73.6 Å². The maximum Gasteiger partial charge on any atom is 0.228 e. The molecule has 25 heavy (non-hydrogen) atoms. The van der Waals surface area contributed by atoms with E-state index in [-0.39, 0.29) is 30.2 Å². The molecule has 1 amide bonds. The quantitative estimate of drug-likeness (QED) is 0.855. The summed E-state index contributed by atoms with van der Waals surface area (Å²) in [7, 11) is 0. The molecule has 3 N–H and O–H groups in total. The Morgan fingerprint density at radius 1 is 1.36 bits per heavy atom. The van der Waals surface area contributed by atoms with Crippen LogP contribution in [0.4, 0.5) is 4.39 Å². The molecular formula is C18H26ClFN2O3. The van der Waals surface area contributed by atoms with E-state index < -0.39 is 11.0 Å². The van der Waals surface area contributed by atoms with Gasteiger partial charge in [0, 0.05) is 37.8 Å². The highest BCUT2D eigenvalue weighted by atomic mass is 35.5. The molecule has 1 aromatic rings. The van der Waals surface area contributed by atoms with Crippen LogP contribution in [0.2, 0.25) is 0 Å². The molecule has 1 unspecified atom stereocenters. The molecule has 0 aliphatic carbocycles. The lowest BCUT2D eigenvalue weighted by Crippen LogP contribution is -2.51. The average molecular weight is 373 g/mol. The molecule has 2 aliphatic heterocycles. The van der Waals surface area contributed by atoms with Crippen molar-refractivity contribution in [3.8, 4) is 5.75 Å². The fourth-order valence-electron chi connectivity index (χ4n) is 3.55. The number of hydrogen-bond donors (Lipinski definition) is 2. The van der Waals surface area contributed by atoms with Gasteiger partial charge in [0.25, 0.3) is 0 Å². The van der Waals surface area contributed by atoms with Crippen molar-refractivity contribution >= 4 is 18.3 Å². The lowest BCUT2D eigenvalue weighted by Gasteiger charge is -2.40. The number of halogens is 2. The second-order valence-corrected chi connectivity index (χ2v) is 7.37. The van der Waals surface area contributed by atoms with Crippen molar-refractivity contribution in [3.63, 3.8) is 0 Å². The number of rotatable bonds is 3. The predicted molar refractivity (Wildman–Crippen MR) is 95.4 cm³/mol. The molecule has 0 spiro atoms. The number of nitrogens with two attached hydrogens (primary N) is 1. The van der Waals surface area contributed by atoms with E-state index in [1.165, 1.54) is 12.1 Å². The van der Waals surface area contributed by atoms with E-state index in [9.17, 15) is 9.18 Å². The maximum absolute atomic E-state index is 13.5. The third-order valence-electron chi connectivity index (χ3n) is 5.06. The van der Waals surface area contributed by atoms with Gasteiger partial charge in [-0.05, 0) is 32.8 Å². The summed E-state index contributed by atoms with van der Waals surface area (Å²) in [5.41, 5.74) is 5.67. The van der Waals surface area contributed by atoms with E-state index in [2.05, 4.69) is 5.32 Å². The van der Waals surface area contributed by atoms with Gasteiger partial charge in [-0.15, -0.1) is 12.4 Å². The number of carbonyl (C=O) groups is 1. The van der Waals surface area contributed by atoms with Gasteiger partial charge in [-0.1, -0.05) is 6.07 Å². The lowest BCUT2D eigenvalue weighted by molar-refractivity contribution is -0.137. The summed E-state index contributed by atoms with van der Waals surface area (Å²) in [6, 6.07) is 4.24. The van der Waals surface area contributed by atoms with E-state index in [4.69, 9.17) is 15.2 Å². The van der Waals surface area contributed by atoms with E-state index in [1.807, 2.05) is 13.8 Å². The Kier molecular flexibility index (Phi) is 5.97. The van der Waals surface area contributed by atoms with Crippen molar-refractivity contribution < 1.29 is 18.7 Å². The van der Waals surface area contributed by atoms with Crippen molar-refractivity contribution in [3.05, 3.63) is 29.6 Å². The third kappa shape index (κ3) is 4.07. The maximum atomic E-state index is 13.5. The van der Waals surface area contributed by atoms with Crippen molar-refractivity contribution in [1.29, 1.82) is 0 Å². The molecule has 1 aromatic carbocycles. The van der Waals surface area contributed by atoms with Crippen LogP contribution in [0.25, 0.3) is 0 Å². The van der Waals surface area contributed by atoms with Gasteiger partial charge < -0.3 is 20.5 Å². The first-order valence-corrected chi connectivity index (χ1v) is 8.42. The summed E-state index contributed by atoms with van der Waals surface area (Å²) >= 11 is 0. The van der Waals surface area contributed by atoms with Crippen LogP contribution in [-0.2, 0) is 9.53 Å². The summed E-state index contributed by atoms with van der Waals surface area (Å²) < 4.78 is 24.8. The zero-order chi connectivity index (χ0) is 17.4. The first-order chi connectivity index (χ1) is 11.4. The standard InChI is InChI=1S/C18H25FN2O3.ClH/c1-17(2)10-14(13-4-3-12(19)9-15(13)24-17)21-16(22)18(11-20)5-7-23-8-6-18;/h3-4,9,14H,5-8,10-11,20H2,1-2H3,(H,21,22);1H. The predicted octanol–water partition coefficient (Wildman–Crippen LogP) is 2.72. The minimum Gasteiger partial charge on any atom is -0.487 e. The van der Waals surface area contributed by atoms with Crippen LogP contribution in [-0.4, -0.2) is 31.3 Å². The zero-order valence-corrected chi connectivity index (χ0v) is 15.5. The summed E-state index contributed by atoms with van der Waals surface area (Å²) in [4.78, 5) is 12.9. The Balaban J connectivity index is 0.00000225. The number of hydrogen-bond acceptors (Lipinski definition) is 4. The smallest absolute Gasteiger partial charge is 0.228 e. The van der Waals surface area contributed by atoms with Crippen molar-refractivity contribution in [1.82, 2.24) is 5.32 Å². The van der Waals surface area contributed by atoms with Gasteiger partial charge in [-0.3, -0.25) is 4.79 Å². The van der Waals surface area contributed by atoms with Gasteiger partial charge in [-0.25, -0.2) is 4.39 Å². The van der Waals surface area contributed by atoms with Crippen molar-refractivity contribution in [2.75, 3.05) is 19.8 Å². The zero-order valence-electron chi connectivity index (χ0n) is 14.6. The van der Waals surface area contributed by atoms with Gasteiger partial charge >= 0.3 is 0 Å². The molecule has 5 nitrogen and oxygen atoms in total. The van der Waals surface area contributed by atoms with E-state index in [0.717, 1.165) is 5.56 Å². The monoisotopic (exact) mass is 372 g/mol. The molecule has 2 heterocycles. The summed E-state index contributed by atoms with van der Waals surface area (Å²) in [5, 5.41) is 3.13. The van der Waals surface area contributed by atoms with Crippen molar-refractivity contribution in [2.24, 2.45) is 11.1 Å². The Hall–Kier alpha value is -1.37. The van der Waals surface area contributed by atoms with Crippen molar-refractivity contribution in [2.45, 2.75) is 44.8 Å². The minimum absolute atomic E-state index is 0. The third-order valence-corrected chi connectivity index (χ3v) is 5.06. The molecule has 1 saturated heterocycles. The highest BCUT2D eigenvalue weighted by Gasteiger charge is 2.42. The Labute approximate surface area is 153 Å². The first kappa shape index (κ1) is 19.9. The van der Waals surface area contributed by atoms with Crippen LogP contribution >= 0.6 is 12.4 Å². The fourth-order valence-corrected chi connectivity index (χ4v) is 3.55. The van der Waals surface area contributed by atoms with E-state index >= 15 is 0 Å². The molecule has 3 rings (SSSR count). The second-order valence-electron chi connectivity index (χ2n) is 7.37. The molecule has 2 aliphatic rings. The number of amides is 1. The second kappa shape index (κ2) is 7.48. The summed E-state index contributed by atoms with van der Waals surface area (Å²) in [6.07, 6.45) is 1.87. The van der Waals surface area contributed by atoms with Gasteiger partial charge in [0.05, 0.1) is 11.5 Å². The molecule has 140 valence electrons. The largest absolute Gasteiger partial charge is 0.487 e. The number of benzene rings is 1. The van der Waals surface area contributed by atoms with Gasteiger partial charge in [0.2, 0.25) is 5.91 Å². The minimum atomic E-state index is -0.582. The van der Waals surface area contributed by atoms with Crippen LogP contribution in [0, 0.1) is 11.2 Å². The van der Waals surface area contributed by atoms with Gasteiger partial charge in [0.1, 0.15) is 17.2 Å². The molecule has 1 atom stereocenters. The average Bonchev–Trinajstić information content (AvgIpc) is 2.53. The molecule has 1 fully saturated rings. The Bertz CT molecular complexity index is 633. The number of fused-ring (bicyclic) bond motifs is 1. The van der Waals surface area contributed by atoms with Crippen LogP contribution in [0.1, 0.15) is 44.7 Å². The fraction of sp³-hybridized carbons (Fsp3) is 0.611. The highest BCUT2D eigenvalue weighted by molar-refractivity contribution is 5.85. The molecule has 7 heteroatoms. The van der Waals surface area contributed by atoms with Crippen LogP contribution < -0.4 is 15.8 Å². The van der Waals surface area contributed by atoms with E-state index in [0.29, 0.717) is 44.8 Å².